The first-order valence-electron chi connectivity index (χ1n) is 15.8. The zero-order chi connectivity index (χ0) is 30.8. The third kappa shape index (κ3) is 4.66. The molecule has 1 heterocycles. The molecule has 5 N–H and O–H groups in total. The molecule has 1 aromatic heterocycles. The van der Waals surface area contributed by atoms with Crippen molar-refractivity contribution in [2.45, 2.75) is 83.0 Å². The van der Waals surface area contributed by atoms with E-state index in [0.717, 1.165) is 57.9 Å². The first-order valence-corrected chi connectivity index (χ1v) is 15.8. The molecule has 0 radical (unpaired) electrons. The standard InChI is InChI=1S/C37H47N3O3/c1-20-13-15-28(31-16-14-27(43-31)19-39-26-11-9-8-10-12-26)29-17-25-18-30-35(40(6)7)36(41)34(24(5)38)23(4)37(30,42)22(3)33(25)21(2)32(20)29/h13-16,25-26,30,35,39,41-42H,2,4-5,8-12,17-19,38H2,1,3,6-7H3/t25-,30-,35-,37-/m0/s1. The van der Waals surface area contributed by atoms with E-state index in [9.17, 15) is 10.2 Å². The molecule has 4 atom stereocenters. The normalized spacial score (nSPS) is 27.8. The molecule has 6 nitrogen and oxygen atoms in total. The molecule has 4 aliphatic carbocycles. The van der Waals surface area contributed by atoms with Crippen LogP contribution in [0.3, 0.4) is 0 Å². The third-order valence-corrected chi connectivity index (χ3v) is 10.7. The molecule has 0 bridgehead atoms. The van der Waals surface area contributed by atoms with Gasteiger partial charge < -0.3 is 25.7 Å². The van der Waals surface area contributed by atoms with Gasteiger partial charge in [0, 0.05) is 28.8 Å². The van der Waals surface area contributed by atoms with Crippen LogP contribution < -0.4 is 11.1 Å². The van der Waals surface area contributed by atoms with E-state index in [-0.39, 0.29) is 23.3 Å². The topological polar surface area (TPSA) is 94.9 Å². The van der Waals surface area contributed by atoms with Gasteiger partial charge in [-0.15, -0.1) is 0 Å². The number of benzene rings is 1. The molecular weight excluding hydrogens is 534 g/mol. The number of hydrogen-bond donors (Lipinski definition) is 4. The van der Waals surface area contributed by atoms with E-state index in [0.29, 0.717) is 23.6 Å². The van der Waals surface area contributed by atoms with Crippen LogP contribution in [0.25, 0.3) is 16.9 Å². The fourth-order valence-electron chi connectivity index (χ4n) is 8.67. The molecule has 4 aliphatic rings. The summed E-state index contributed by atoms with van der Waals surface area (Å²) >= 11 is 0. The van der Waals surface area contributed by atoms with Gasteiger partial charge in [-0.05, 0) is 111 Å². The largest absolute Gasteiger partial charge is 0.510 e. The fourth-order valence-corrected chi connectivity index (χ4v) is 8.67. The summed E-state index contributed by atoms with van der Waals surface area (Å²) in [5.74, 6) is 1.78. The Balaban J connectivity index is 1.39. The predicted molar refractivity (Wildman–Crippen MR) is 174 cm³/mol. The second-order valence-corrected chi connectivity index (χ2v) is 13.5. The van der Waals surface area contributed by atoms with Crippen molar-refractivity contribution in [3.8, 4) is 11.3 Å². The number of allylic oxidation sites excluding steroid dienone is 3. The fraction of sp³-hybridized carbons (Fsp3) is 0.459. The summed E-state index contributed by atoms with van der Waals surface area (Å²) in [5, 5.41) is 27.7. The van der Waals surface area contributed by atoms with E-state index in [1.807, 2.05) is 25.9 Å². The summed E-state index contributed by atoms with van der Waals surface area (Å²) in [6.07, 6.45) is 7.90. The zero-order valence-electron chi connectivity index (χ0n) is 26.2. The molecule has 2 aromatic rings. The van der Waals surface area contributed by atoms with Crippen LogP contribution in [-0.2, 0) is 13.0 Å². The van der Waals surface area contributed by atoms with Crippen LogP contribution in [0.15, 0.2) is 82.2 Å². The lowest BCUT2D eigenvalue weighted by atomic mass is 9.55. The van der Waals surface area contributed by atoms with E-state index in [1.54, 1.807) is 0 Å². The van der Waals surface area contributed by atoms with Gasteiger partial charge in [0.05, 0.1) is 12.6 Å². The van der Waals surface area contributed by atoms with Gasteiger partial charge in [0.15, 0.2) is 0 Å². The van der Waals surface area contributed by atoms with E-state index < -0.39 is 11.6 Å². The van der Waals surface area contributed by atoms with Gasteiger partial charge in [-0.1, -0.05) is 51.1 Å². The minimum atomic E-state index is -1.38. The summed E-state index contributed by atoms with van der Waals surface area (Å²) in [6.45, 7) is 17.7. The van der Waals surface area contributed by atoms with Crippen LogP contribution in [0.5, 0.6) is 0 Å². The minimum absolute atomic E-state index is 0.124. The van der Waals surface area contributed by atoms with Crippen molar-refractivity contribution in [3.63, 3.8) is 0 Å². The van der Waals surface area contributed by atoms with E-state index in [4.69, 9.17) is 10.2 Å². The number of hydrogen-bond acceptors (Lipinski definition) is 6. The second kappa shape index (κ2) is 11.0. The minimum Gasteiger partial charge on any atom is -0.510 e. The lowest BCUT2D eigenvalue weighted by Crippen LogP contribution is -2.58. The van der Waals surface area contributed by atoms with Gasteiger partial charge >= 0.3 is 0 Å². The Morgan fingerprint density at radius 2 is 1.84 bits per heavy atom. The Hall–Kier alpha value is -3.32. The van der Waals surface area contributed by atoms with Crippen LogP contribution in [0.4, 0.5) is 0 Å². The molecule has 1 fully saturated rings. The first-order chi connectivity index (χ1) is 20.4. The highest BCUT2D eigenvalue weighted by atomic mass is 16.3. The molecule has 0 amide bonds. The Morgan fingerprint density at radius 3 is 2.51 bits per heavy atom. The van der Waals surface area contributed by atoms with Gasteiger partial charge in [0.25, 0.3) is 0 Å². The molecule has 228 valence electrons. The number of nitrogens with zero attached hydrogens (tertiary/aromatic N) is 1. The van der Waals surface area contributed by atoms with Crippen molar-refractivity contribution in [3.05, 3.63) is 100 Å². The summed E-state index contributed by atoms with van der Waals surface area (Å²) in [6, 6.07) is 8.66. The number of aryl methyl sites for hydroxylation is 1. The molecule has 43 heavy (non-hydrogen) atoms. The summed E-state index contributed by atoms with van der Waals surface area (Å²) < 4.78 is 6.45. The van der Waals surface area contributed by atoms with E-state index in [1.165, 1.54) is 37.7 Å². The highest BCUT2D eigenvalue weighted by Crippen LogP contribution is 2.58. The Bertz CT molecular complexity index is 1570. The SMILES string of the molecule is C=C(N)C1=C(O)[C@@H](N(C)C)[C@@H]2C[C@@H]3Cc4c(-c5ccc(CNC6CCCCC6)o5)ccc(C)c4C(=C)C3=C(C)[C@]2(O)C1=C. The van der Waals surface area contributed by atoms with E-state index in [2.05, 4.69) is 56.2 Å². The van der Waals surface area contributed by atoms with Gasteiger partial charge in [0.2, 0.25) is 0 Å². The van der Waals surface area contributed by atoms with Crippen molar-refractivity contribution in [1.29, 1.82) is 0 Å². The molecule has 1 saturated carbocycles. The Morgan fingerprint density at radius 1 is 1.12 bits per heavy atom. The van der Waals surface area contributed by atoms with Crippen LogP contribution in [-0.4, -0.2) is 46.9 Å². The highest BCUT2D eigenvalue weighted by Gasteiger charge is 2.57. The summed E-state index contributed by atoms with van der Waals surface area (Å²) in [7, 11) is 3.85. The van der Waals surface area contributed by atoms with Crippen LogP contribution >= 0.6 is 0 Å². The van der Waals surface area contributed by atoms with Crippen molar-refractivity contribution < 1.29 is 14.6 Å². The van der Waals surface area contributed by atoms with Crippen molar-refractivity contribution >= 4 is 5.57 Å². The lowest BCUT2D eigenvalue weighted by Gasteiger charge is -2.54. The maximum Gasteiger partial charge on any atom is 0.134 e. The van der Waals surface area contributed by atoms with Gasteiger partial charge in [-0.25, -0.2) is 0 Å². The Kier molecular flexibility index (Phi) is 7.60. The number of nitrogens with one attached hydrogen (secondary N) is 1. The smallest absolute Gasteiger partial charge is 0.134 e. The average Bonchev–Trinajstić information content (AvgIpc) is 3.43. The van der Waals surface area contributed by atoms with Crippen molar-refractivity contribution in [1.82, 2.24) is 10.2 Å². The van der Waals surface area contributed by atoms with Crippen molar-refractivity contribution in [2.75, 3.05) is 14.1 Å². The summed E-state index contributed by atoms with van der Waals surface area (Å²) in [4.78, 5) is 1.96. The monoisotopic (exact) mass is 581 g/mol. The van der Waals surface area contributed by atoms with Crippen molar-refractivity contribution in [2.24, 2.45) is 17.6 Å². The number of fused-ring (bicyclic) bond motifs is 3. The molecule has 6 rings (SSSR count). The Labute approximate surface area is 256 Å². The van der Waals surface area contributed by atoms with Crippen LogP contribution in [0.1, 0.15) is 67.9 Å². The molecule has 0 spiro atoms. The van der Waals surface area contributed by atoms with Crippen LogP contribution in [0, 0.1) is 18.8 Å². The predicted octanol–water partition coefficient (Wildman–Crippen LogP) is 6.71. The maximum atomic E-state index is 12.6. The first kappa shape index (κ1) is 29.7. The summed E-state index contributed by atoms with van der Waals surface area (Å²) in [5.41, 5.74) is 13.3. The molecule has 0 aliphatic heterocycles. The van der Waals surface area contributed by atoms with Gasteiger partial charge in [-0.3, -0.25) is 4.90 Å². The molecular formula is C37H47N3O3. The molecule has 0 saturated heterocycles. The highest BCUT2D eigenvalue weighted by molar-refractivity contribution is 5.88. The zero-order valence-corrected chi connectivity index (χ0v) is 26.2. The van der Waals surface area contributed by atoms with E-state index >= 15 is 0 Å². The average molecular weight is 582 g/mol. The number of nitrogens with two attached hydrogens (primary N) is 1. The maximum absolute atomic E-state index is 12.6. The second-order valence-electron chi connectivity index (χ2n) is 13.5. The lowest BCUT2D eigenvalue weighted by molar-refractivity contribution is -0.0178. The molecule has 1 aromatic carbocycles. The quantitative estimate of drug-likeness (QED) is 0.303. The number of aliphatic hydroxyl groups excluding tert-OH is 1. The van der Waals surface area contributed by atoms with Gasteiger partial charge in [0.1, 0.15) is 22.9 Å². The van der Waals surface area contributed by atoms with Gasteiger partial charge in [-0.2, -0.15) is 0 Å². The number of aliphatic hydroxyl groups is 2. The number of furan rings is 1. The third-order valence-electron chi connectivity index (χ3n) is 10.7. The number of rotatable bonds is 6. The van der Waals surface area contributed by atoms with Crippen LogP contribution in [0.2, 0.25) is 0 Å². The molecule has 0 unspecified atom stereocenters. The molecule has 6 heteroatoms. The number of likely N-dealkylation sites (N-methyl/N-ethyl adjacent to an activating group) is 1.